The lowest BCUT2D eigenvalue weighted by atomic mass is 9.98. The van der Waals surface area contributed by atoms with Crippen LogP contribution in [0.4, 0.5) is 22.0 Å². The van der Waals surface area contributed by atoms with Crippen LogP contribution in [0.1, 0.15) is 11.3 Å². The highest BCUT2D eigenvalue weighted by Crippen LogP contribution is 2.39. The summed E-state index contributed by atoms with van der Waals surface area (Å²) in [4.78, 5) is -0.830. The van der Waals surface area contributed by atoms with Gasteiger partial charge in [0.05, 0.1) is 11.1 Å². The summed E-state index contributed by atoms with van der Waals surface area (Å²) >= 11 is 0. The monoisotopic (exact) mass is 417 g/mol. The van der Waals surface area contributed by atoms with Gasteiger partial charge in [-0.2, -0.15) is 13.2 Å². The molecule has 0 atom stereocenters. The zero-order valence-electron chi connectivity index (χ0n) is 14.4. The van der Waals surface area contributed by atoms with Gasteiger partial charge in [0.1, 0.15) is 28.0 Å². The minimum Gasteiger partial charge on any atom is -0.360 e. The molecule has 4 nitrogen and oxygen atoms in total. The molecule has 0 N–H and O–H groups in total. The third kappa shape index (κ3) is 3.64. The molecule has 0 saturated carbocycles. The van der Waals surface area contributed by atoms with Crippen LogP contribution in [-0.2, 0) is 16.0 Å². The van der Waals surface area contributed by atoms with E-state index in [-0.39, 0.29) is 28.1 Å². The van der Waals surface area contributed by atoms with Gasteiger partial charge in [0.15, 0.2) is 9.84 Å². The lowest BCUT2D eigenvalue weighted by molar-refractivity contribution is -0.137. The van der Waals surface area contributed by atoms with Crippen molar-refractivity contribution in [2.45, 2.75) is 18.0 Å². The molecule has 10 heteroatoms. The Morgan fingerprint density at radius 2 is 1.71 bits per heavy atom. The van der Waals surface area contributed by atoms with Gasteiger partial charge in [-0.25, -0.2) is 17.2 Å². The largest absolute Gasteiger partial charge is 0.416 e. The highest BCUT2D eigenvalue weighted by atomic mass is 32.2. The molecule has 0 aliphatic carbocycles. The SMILES string of the molecule is Cc1onc(-c2cccc(C(F)(F)F)c2)c1-c1cc(F)c(S(C)(=O)=O)cc1F. The van der Waals surface area contributed by atoms with E-state index in [0.717, 1.165) is 24.5 Å². The Kier molecular flexibility index (Phi) is 4.78. The molecule has 3 aromatic rings. The molecule has 28 heavy (non-hydrogen) atoms. The number of nitrogens with zero attached hydrogens (tertiary/aromatic N) is 1. The Hall–Kier alpha value is -2.75. The maximum atomic E-state index is 14.6. The van der Waals surface area contributed by atoms with Crippen LogP contribution < -0.4 is 0 Å². The Balaban J connectivity index is 2.22. The first-order chi connectivity index (χ1) is 12.9. The van der Waals surface area contributed by atoms with E-state index in [2.05, 4.69) is 5.16 Å². The highest BCUT2D eigenvalue weighted by molar-refractivity contribution is 7.90. The van der Waals surface area contributed by atoms with Crippen LogP contribution in [0.5, 0.6) is 0 Å². The Morgan fingerprint density at radius 3 is 2.32 bits per heavy atom. The average Bonchev–Trinajstić information content (AvgIpc) is 2.96. The van der Waals surface area contributed by atoms with E-state index in [1.807, 2.05) is 0 Å². The smallest absolute Gasteiger partial charge is 0.360 e. The van der Waals surface area contributed by atoms with Crippen molar-refractivity contribution in [1.82, 2.24) is 5.16 Å². The molecular weight excluding hydrogens is 405 g/mol. The van der Waals surface area contributed by atoms with Crippen LogP contribution in [0.2, 0.25) is 0 Å². The van der Waals surface area contributed by atoms with E-state index < -0.39 is 38.1 Å². The zero-order valence-corrected chi connectivity index (χ0v) is 15.3. The fraction of sp³-hybridized carbons (Fsp3) is 0.167. The lowest BCUT2D eigenvalue weighted by Gasteiger charge is -2.10. The second-order valence-electron chi connectivity index (χ2n) is 6.08. The number of alkyl halides is 3. The highest BCUT2D eigenvalue weighted by Gasteiger charge is 2.31. The third-order valence-electron chi connectivity index (χ3n) is 4.02. The summed E-state index contributed by atoms with van der Waals surface area (Å²) < 4.78 is 95.8. The van der Waals surface area contributed by atoms with Crippen LogP contribution in [0.15, 0.2) is 45.8 Å². The van der Waals surface area contributed by atoms with Crippen LogP contribution in [0.25, 0.3) is 22.4 Å². The van der Waals surface area contributed by atoms with Gasteiger partial charge in [0.2, 0.25) is 0 Å². The Bertz CT molecular complexity index is 1170. The van der Waals surface area contributed by atoms with Gasteiger partial charge in [-0.15, -0.1) is 0 Å². The first-order valence-electron chi connectivity index (χ1n) is 7.73. The maximum absolute atomic E-state index is 14.6. The number of hydrogen-bond acceptors (Lipinski definition) is 4. The molecule has 1 aromatic heterocycles. The molecule has 0 radical (unpaired) electrons. The molecule has 0 unspecified atom stereocenters. The van der Waals surface area contributed by atoms with Crippen molar-refractivity contribution in [3.8, 4) is 22.4 Å². The minimum absolute atomic E-state index is 0.0197. The molecule has 0 fully saturated rings. The van der Waals surface area contributed by atoms with Crippen molar-refractivity contribution in [2.24, 2.45) is 0 Å². The normalized spacial score (nSPS) is 12.4. The first kappa shape index (κ1) is 20.0. The van der Waals surface area contributed by atoms with Crippen LogP contribution in [-0.4, -0.2) is 19.8 Å². The molecule has 2 aromatic carbocycles. The van der Waals surface area contributed by atoms with Gasteiger partial charge in [-0.1, -0.05) is 17.3 Å². The number of aromatic nitrogens is 1. The van der Waals surface area contributed by atoms with Gasteiger partial charge < -0.3 is 4.52 Å². The summed E-state index contributed by atoms with van der Waals surface area (Å²) in [7, 11) is -4.02. The topological polar surface area (TPSA) is 60.2 Å². The number of hydrogen-bond donors (Lipinski definition) is 0. The van der Waals surface area contributed by atoms with Gasteiger partial charge >= 0.3 is 6.18 Å². The van der Waals surface area contributed by atoms with E-state index in [1.165, 1.54) is 13.0 Å². The van der Waals surface area contributed by atoms with Gasteiger partial charge in [0.25, 0.3) is 0 Å². The molecule has 0 aliphatic heterocycles. The fourth-order valence-corrected chi connectivity index (χ4v) is 3.46. The molecule has 0 amide bonds. The van der Waals surface area contributed by atoms with Crippen molar-refractivity contribution in [3.05, 3.63) is 59.4 Å². The summed E-state index contributed by atoms with van der Waals surface area (Å²) in [5.41, 5.74) is -1.55. The molecule has 0 bridgehead atoms. The second kappa shape index (κ2) is 6.69. The van der Waals surface area contributed by atoms with E-state index in [4.69, 9.17) is 4.52 Å². The van der Waals surface area contributed by atoms with Gasteiger partial charge in [0, 0.05) is 17.4 Å². The van der Waals surface area contributed by atoms with E-state index in [9.17, 15) is 30.4 Å². The second-order valence-corrected chi connectivity index (χ2v) is 8.06. The van der Waals surface area contributed by atoms with Crippen molar-refractivity contribution in [2.75, 3.05) is 6.26 Å². The summed E-state index contributed by atoms with van der Waals surface area (Å²) in [5.74, 6) is -2.26. The van der Waals surface area contributed by atoms with Gasteiger partial charge in [-0.05, 0) is 31.2 Å². The van der Waals surface area contributed by atoms with E-state index in [1.54, 1.807) is 0 Å². The lowest BCUT2D eigenvalue weighted by Crippen LogP contribution is -2.05. The van der Waals surface area contributed by atoms with Crippen molar-refractivity contribution >= 4 is 9.84 Å². The Morgan fingerprint density at radius 1 is 1.04 bits per heavy atom. The quantitative estimate of drug-likeness (QED) is 0.562. The van der Waals surface area contributed by atoms with Crippen LogP contribution >= 0.6 is 0 Å². The van der Waals surface area contributed by atoms with E-state index >= 15 is 0 Å². The van der Waals surface area contributed by atoms with Crippen LogP contribution in [0, 0.1) is 18.6 Å². The Labute approximate surface area is 156 Å². The molecule has 0 aliphatic rings. The molecule has 0 saturated heterocycles. The fourth-order valence-electron chi connectivity index (χ4n) is 2.73. The number of halogens is 5. The maximum Gasteiger partial charge on any atom is 0.416 e. The molecular formula is C18H12F5NO3S. The molecule has 3 rings (SSSR count). The first-order valence-corrected chi connectivity index (χ1v) is 9.62. The van der Waals surface area contributed by atoms with Crippen LogP contribution in [0.3, 0.4) is 0 Å². The zero-order chi connectivity index (χ0) is 20.9. The van der Waals surface area contributed by atoms with Crippen molar-refractivity contribution in [3.63, 3.8) is 0 Å². The van der Waals surface area contributed by atoms with Gasteiger partial charge in [-0.3, -0.25) is 0 Å². The number of aryl methyl sites for hydroxylation is 1. The number of sulfone groups is 1. The summed E-state index contributed by atoms with van der Waals surface area (Å²) in [6.07, 6.45) is -3.88. The average molecular weight is 417 g/mol. The summed E-state index contributed by atoms with van der Waals surface area (Å²) in [6.45, 7) is 1.38. The number of benzene rings is 2. The predicted molar refractivity (Wildman–Crippen MR) is 90.1 cm³/mol. The minimum atomic E-state index is -4.61. The number of rotatable bonds is 3. The third-order valence-corrected chi connectivity index (χ3v) is 5.13. The molecule has 0 spiro atoms. The van der Waals surface area contributed by atoms with Crippen molar-refractivity contribution < 1.29 is 34.9 Å². The molecule has 1 heterocycles. The summed E-state index contributed by atoms with van der Waals surface area (Å²) in [6, 6.07) is 5.30. The van der Waals surface area contributed by atoms with E-state index in [0.29, 0.717) is 12.1 Å². The summed E-state index contributed by atoms with van der Waals surface area (Å²) in [5, 5.41) is 3.68. The standard InChI is InChI=1S/C18H12F5NO3S/c1-9-16(12-7-14(20)15(8-13(12)19)28(2,25)26)17(24-27-9)10-4-3-5-11(6-10)18(21,22)23/h3-8H,1-2H3. The predicted octanol–water partition coefficient (Wildman–Crippen LogP) is 5.02. The van der Waals surface area contributed by atoms with Crippen molar-refractivity contribution in [1.29, 1.82) is 0 Å². The molecule has 148 valence electrons.